The molecule has 0 saturated heterocycles. The predicted octanol–water partition coefficient (Wildman–Crippen LogP) is 5.39. The van der Waals surface area contributed by atoms with E-state index < -0.39 is 36.1 Å². The first-order valence-corrected chi connectivity index (χ1v) is 15.3. The minimum absolute atomic E-state index is 0.146. The van der Waals surface area contributed by atoms with Crippen molar-refractivity contribution in [1.82, 2.24) is 14.9 Å². The zero-order chi connectivity index (χ0) is 36.6. The second-order valence-corrected chi connectivity index (χ2v) is 11.3. The summed E-state index contributed by atoms with van der Waals surface area (Å²) in [4.78, 5) is 60.8. The highest BCUT2D eigenvalue weighted by atomic mass is 19.4. The SMILES string of the molecule is Cc1cc(OCCCc2ccc3c(c2)C(=O)N(C(CC(=O)O)c2ccccc2)C(c2ccccc2)C(=O)N3C)nc(N)n1.O=C(O)C(F)(F)F. The number of aliphatic carboxylic acids is 2. The number of hydrogen-bond acceptors (Lipinski definition) is 8. The van der Waals surface area contributed by atoms with Crippen molar-refractivity contribution >= 4 is 35.4 Å². The van der Waals surface area contributed by atoms with Gasteiger partial charge in [-0.05, 0) is 48.6 Å². The highest BCUT2D eigenvalue weighted by Gasteiger charge is 2.43. The standard InChI is InChI=1S/C33H33N5O5.C2HF3O2/c1-21-18-28(36-33(34)35-21)43-17-9-10-22-15-16-26-25(19-22)31(41)38(27(20-29(39)40)23-11-5-3-6-12-23)30(32(42)37(26)2)24-13-7-4-8-14-24;3-2(4,5)1(6)7/h3-8,11-16,18-19,27,30H,9-10,17,20H2,1-2H3,(H,39,40)(H2,34,35,36);(H,6,7). The van der Waals surface area contributed by atoms with Crippen LogP contribution in [0.1, 0.15) is 57.7 Å². The van der Waals surface area contributed by atoms with Crippen LogP contribution in [0, 0.1) is 6.92 Å². The number of benzene rings is 3. The molecular weight excluding hydrogens is 659 g/mol. The van der Waals surface area contributed by atoms with Crippen molar-refractivity contribution in [3.63, 3.8) is 0 Å². The third kappa shape index (κ3) is 9.12. The number of rotatable bonds is 10. The number of alkyl halides is 3. The van der Waals surface area contributed by atoms with Crippen LogP contribution in [0.25, 0.3) is 0 Å². The molecular formula is C35H34F3N5O7. The van der Waals surface area contributed by atoms with E-state index in [1.807, 2.05) is 25.1 Å². The van der Waals surface area contributed by atoms with Gasteiger partial charge in [0.15, 0.2) is 0 Å². The van der Waals surface area contributed by atoms with Gasteiger partial charge in [-0.2, -0.15) is 18.2 Å². The molecule has 2 heterocycles. The number of anilines is 2. The minimum Gasteiger partial charge on any atom is -0.481 e. The molecule has 2 atom stereocenters. The second kappa shape index (κ2) is 15.9. The van der Waals surface area contributed by atoms with Crippen molar-refractivity contribution in [2.45, 2.75) is 44.4 Å². The number of ether oxygens (including phenoxy) is 1. The van der Waals surface area contributed by atoms with Crippen LogP contribution in [0.15, 0.2) is 84.9 Å². The summed E-state index contributed by atoms with van der Waals surface area (Å²) in [5, 5.41) is 17.0. The first kappa shape index (κ1) is 36.8. The Labute approximate surface area is 284 Å². The van der Waals surface area contributed by atoms with Crippen LogP contribution in [0.4, 0.5) is 24.8 Å². The molecule has 1 aliphatic rings. The summed E-state index contributed by atoms with van der Waals surface area (Å²) in [6.45, 7) is 2.18. The quantitative estimate of drug-likeness (QED) is 0.183. The van der Waals surface area contributed by atoms with Gasteiger partial charge in [0.05, 0.1) is 30.3 Å². The van der Waals surface area contributed by atoms with Crippen LogP contribution in [0.5, 0.6) is 5.88 Å². The first-order valence-electron chi connectivity index (χ1n) is 15.3. The van der Waals surface area contributed by atoms with Gasteiger partial charge < -0.3 is 30.5 Å². The van der Waals surface area contributed by atoms with E-state index in [1.165, 1.54) is 9.80 Å². The minimum atomic E-state index is -5.08. The summed E-state index contributed by atoms with van der Waals surface area (Å²) < 4.78 is 37.5. The molecule has 0 radical (unpaired) electrons. The van der Waals surface area contributed by atoms with Crippen LogP contribution in [-0.2, 0) is 20.8 Å². The number of aromatic nitrogens is 2. The van der Waals surface area contributed by atoms with E-state index in [0.717, 1.165) is 5.56 Å². The molecule has 0 saturated carbocycles. The molecule has 0 bridgehead atoms. The highest BCUT2D eigenvalue weighted by Crippen LogP contribution is 2.40. The number of amides is 2. The molecule has 2 unspecified atom stereocenters. The molecule has 5 rings (SSSR count). The summed E-state index contributed by atoms with van der Waals surface area (Å²) >= 11 is 0. The van der Waals surface area contributed by atoms with E-state index >= 15 is 0 Å². The number of carbonyl (C=O) groups excluding carboxylic acids is 2. The van der Waals surface area contributed by atoms with Gasteiger partial charge in [-0.3, -0.25) is 14.4 Å². The van der Waals surface area contributed by atoms with Gasteiger partial charge in [-0.15, -0.1) is 0 Å². The maximum atomic E-state index is 14.5. The number of nitrogens with two attached hydrogens (primary N) is 1. The number of fused-ring (bicyclic) bond motifs is 1. The molecule has 0 fully saturated rings. The van der Waals surface area contributed by atoms with E-state index in [9.17, 15) is 32.7 Å². The zero-order valence-electron chi connectivity index (χ0n) is 27.0. The van der Waals surface area contributed by atoms with Gasteiger partial charge in [0.2, 0.25) is 11.8 Å². The molecule has 0 aliphatic carbocycles. The monoisotopic (exact) mass is 693 g/mol. The van der Waals surface area contributed by atoms with Crippen molar-refractivity contribution in [3.8, 4) is 5.88 Å². The average molecular weight is 694 g/mol. The van der Waals surface area contributed by atoms with Gasteiger partial charge in [-0.25, -0.2) is 9.78 Å². The summed E-state index contributed by atoms with van der Waals surface area (Å²) in [5.41, 5.74) is 9.33. The molecule has 1 aromatic heterocycles. The average Bonchev–Trinajstić information content (AvgIpc) is 3.14. The number of carboxylic acid groups (broad SMARTS) is 2. The van der Waals surface area contributed by atoms with E-state index in [-0.39, 0.29) is 18.3 Å². The Kier molecular flexibility index (Phi) is 11.7. The van der Waals surface area contributed by atoms with Gasteiger partial charge in [0.25, 0.3) is 11.8 Å². The molecule has 1 aliphatic heterocycles. The highest BCUT2D eigenvalue weighted by molar-refractivity contribution is 6.11. The number of nitrogen functional groups attached to an aromatic ring is 1. The lowest BCUT2D eigenvalue weighted by Gasteiger charge is -2.36. The normalized spacial score (nSPS) is 14.9. The van der Waals surface area contributed by atoms with Crippen molar-refractivity contribution in [2.24, 2.45) is 0 Å². The van der Waals surface area contributed by atoms with E-state index in [1.54, 1.807) is 73.8 Å². The lowest BCUT2D eigenvalue weighted by atomic mass is 9.95. The van der Waals surface area contributed by atoms with Crippen molar-refractivity contribution in [1.29, 1.82) is 0 Å². The molecule has 4 aromatic rings. The smallest absolute Gasteiger partial charge is 0.481 e. The molecule has 0 spiro atoms. The van der Waals surface area contributed by atoms with Crippen LogP contribution in [0.3, 0.4) is 0 Å². The van der Waals surface area contributed by atoms with Gasteiger partial charge in [-0.1, -0.05) is 66.7 Å². The number of hydrogen-bond donors (Lipinski definition) is 3. The largest absolute Gasteiger partial charge is 0.490 e. The number of nitrogens with zero attached hydrogens (tertiary/aromatic N) is 4. The molecule has 50 heavy (non-hydrogen) atoms. The fourth-order valence-corrected chi connectivity index (χ4v) is 5.45. The predicted molar refractivity (Wildman–Crippen MR) is 175 cm³/mol. The zero-order valence-corrected chi connectivity index (χ0v) is 27.0. The molecule has 4 N–H and O–H groups in total. The van der Waals surface area contributed by atoms with E-state index in [4.69, 9.17) is 20.4 Å². The Balaban J connectivity index is 0.000000727. The molecule has 15 heteroatoms. The van der Waals surface area contributed by atoms with Crippen molar-refractivity contribution < 1.29 is 47.3 Å². The lowest BCUT2D eigenvalue weighted by molar-refractivity contribution is -0.192. The third-order valence-corrected chi connectivity index (χ3v) is 7.68. The second-order valence-electron chi connectivity index (χ2n) is 11.3. The van der Waals surface area contributed by atoms with Crippen LogP contribution >= 0.6 is 0 Å². The third-order valence-electron chi connectivity index (χ3n) is 7.68. The summed E-state index contributed by atoms with van der Waals surface area (Å²) in [6, 6.07) is 23.2. The Morgan fingerprint density at radius 1 is 0.960 bits per heavy atom. The van der Waals surface area contributed by atoms with Crippen LogP contribution < -0.4 is 15.4 Å². The Hall–Kier alpha value is -5.99. The molecule has 262 valence electrons. The topological polar surface area (TPSA) is 176 Å². The number of carboxylic acids is 2. The molecule has 12 nitrogen and oxygen atoms in total. The fraction of sp³-hybridized carbons (Fsp3) is 0.257. The molecule has 3 aromatic carbocycles. The van der Waals surface area contributed by atoms with Crippen LogP contribution in [-0.4, -0.2) is 68.7 Å². The van der Waals surface area contributed by atoms with E-state index in [2.05, 4.69) is 9.97 Å². The van der Waals surface area contributed by atoms with Gasteiger partial charge in [0.1, 0.15) is 6.04 Å². The summed E-state index contributed by atoms with van der Waals surface area (Å²) in [5.74, 6) is -4.03. The van der Waals surface area contributed by atoms with Crippen LogP contribution in [0.2, 0.25) is 0 Å². The lowest BCUT2D eigenvalue weighted by Crippen LogP contribution is -2.43. The maximum absolute atomic E-state index is 14.5. The Bertz CT molecular complexity index is 1820. The maximum Gasteiger partial charge on any atom is 0.490 e. The first-order chi connectivity index (χ1) is 23.7. The van der Waals surface area contributed by atoms with E-state index in [0.29, 0.717) is 53.4 Å². The number of likely N-dealkylation sites (N-methyl/N-ethyl adjacent to an activating group) is 1. The Morgan fingerprint density at radius 3 is 2.16 bits per heavy atom. The number of halogens is 3. The van der Waals surface area contributed by atoms with Crippen molar-refractivity contribution in [3.05, 3.63) is 113 Å². The van der Waals surface area contributed by atoms with Gasteiger partial charge >= 0.3 is 18.1 Å². The van der Waals surface area contributed by atoms with Crippen molar-refractivity contribution in [2.75, 3.05) is 24.3 Å². The number of carbonyl (C=O) groups is 4. The summed E-state index contributed by atoms with van der Waals surface area (Å²) in [7, 11) is 1.64. The molecule has 2 amide bonds. The summed E-state index contributed by atoms with van der Waals surface area (Å²) in [6.07, 6.45) is -4.22. The van der Waals surface area contributed by atoms with Gasteiger partial charge in [0, 0.05) is 18.8 Å². The Morgan fingerprint density at radius 2 is 1.58 bits per heavy atom. The number of aryl methyl sites for hydroxylation is 2. The fourth-order valence-electron chi connectivity index (χ4n) is 5.45.